The van der Waals surface area contributed by atoms with Crippen molar-refractivity contribution in [2.45, 2.75) is 68.9 Å². The summed E-state index contributed by atoms with van der Waals surface area (Å²) in [5.74, 6) is 0. The van der Waals surface area contributed by atoms with Gasteiger partial charge in [0.05, 0.1) is 5.60 Å². The molecular formula is C13H25NOS. The van der Waals surface area contributed by atoms with Crippen LogP contribution in [-0.4, -0.2) is 35.8 Å². The molecule has 16 heavy (non-hydrogen) atoms. The Morgan fingerprint density at radius 1 is 1.19 bits per heavy atom. The van der Waals surface area contributed by atoms with Crippen molar-refractivity contribution >= 4 is 11.8 Å². The summed E-state index contributed by atoms with van der Waals surface area (Å²) in [6.07, 6.45) is 8.70. The van der Waals surface area contributed by atoms with Crippen LogP contribution in [0.15, 0.2) is 0 Å². The molecule has 1 saturated carbocycles. The molecule has 1 aliphatic carbocycles. The Morgan fingerprint density at radius 2 is 2.00 bits per heavy atom. The third-order valence-electron chi connectivity index (χ3n) is 3.89. The van der Waals surface area contributed by atoms with Crippen molar-refractivity contribution < 1.29 is 4.74 Å². The molecule has 2 rings (SSSR count). The molecule has 0 aromatic heterocycles. The highest BCUT2D eigenvalue weighted by Crippen LogP contribution is 2.30. The predicted octanol–water partition coefficient (Wildman–Crippen LogP) is 2.82. The van der Waals surface area contributed by atoms with Crippen molar-refractivity contribution in [3.63, 3.8) is 0 Å². The molecule has 0 bridgehead atoms. The van der Waals surface area contributed by atoms with E-state index in [9.17, 15) is 0 Å². The second kappa shape index (κ2) is 5.28. The normalized spacial score (nSPS) is 38.8. The minimum Gasteiger partial charge on any atom is -0.375 e. The lowest BCUT2D eigenvalue weighted by Crippen LogP contribution is -2.46. The van der Waals surface area contributed by atoms with Crippen LogP contribution in [0.4, 0.5) is 0 Å². The van der Waals surface area contributed by atoms with Crippen molar-refractivity contribution in [2.75, 3.05) is 12.9 Å². The Hall–Kier alpha value is 0.270. The molecule has 1 heterocycles. The first-order valence-corrected chi connectivity index (χ1v) is 7.81. The molecule has 94 valence electrons. The fraction of sp³-hybridized carbons (Fsp3) is 1.00. The van der Waals surface area contributed by atoms with Gasteiger partial charge in [-0.15, -0.1) is 0 Å². The van der Waals surface area contributed by atoms with Crippen LogP contribution >= 0.6 is 11.8 Å². The first kappa shape index (κ1) is 12.7. The maximum Gasteiger partial charge on any atom is 0.0641 e. The molecule has 1 aliphatic heterocycles. The molecule has 1 saturated heterocycles. The average Bonchev–Trinajstić information content (AvgIpc) is 2.64. The minimum atomic E-state index is 0.0768. The Morgan fingerprint density at radius 3 is 2.62 bits per heavy atom. The Kier molecular flexibility index (Phi) is 4.20. The lowest BCUT2D eigenvalue weighted by atomic mass is 9.93. The molecular weight excluding hydrogens is 218 g/mol. The summed E-state index contributed by atoms with van der Waals surface area (Å²) in [4.78, 5) is 0. The van der Waals surface area contributed by atoms with E-state index in [4.69, 9.17) is 4.74 Å². The lowest BCUT2D eigenvalue weighted by molar-refractivity contribution is -0.0640. The van der Waals surface area contributed by atoms with Crippen molar-refractivity contribution in [3.05, 3.63) is 0 Å². The van der Waals surface area contributed by atoms with E-state index in [1.165, 1.54) is 25.7 Å². The second-order valence-electron chi connectivity index (χ2n) is 5.83. The van der Waals surface area contributed by atoms with Crippen molar-refractivity contribution in [1.82, 2.24) is 5.32 Å². The van der Waals surface area contributed by atoms with Gasteiger partial charge in [0, 0.05) is 23.9 Å². The summed E-state index contributed by atoms with van der Waals surface area (Å²) < 4.78 is 5.76. The number of nitrogens with one attached hydrogen (secondary N) is 1. The summed E-state index contributed by atoms with van der Waals surface area (Å²) >= 11 is 2.03. The van der Waals surface area contributed by atoms with Gasteiger partial charge in [0.1, 0.15) is 0 Å². The molecule has 0 aromatic rings. The first-order valence-electron chi connectivity index (χ1n) is 6.52. The third kappa shape index (κ3) is 3.38. The molecule has 0 amide bonds. The van der Waals surface area contributed by atoms with Gasteiger partial charge in [-0.25, -0.2) is 0 Å². The maximum atomic E-state index is 5.76. The Bertz CT molecular complexity index is 232. The molecule has 0 radical (unpaired) electrons. The van der Waals surface area contributed by atoms with Crippen molar-refractivity contribution in [2.24, 2.45) is 0 Å². The number of thioether (sulfide) groups is 1. The summed E-state index contributed by atoms with van der Waals surface area (Å²) in [5.41, 5.74) is 0.0768. The van der Waals surface area contributed by atoms with Crippen LogP contribution in [0.2, 0.25) is 0 Å². The average molecular weight is 243 g/mol. The minimum absolute atomic E-state index is 0.0768. The van der Waals surface area contributed by atoms with Crippen LogP contribution in [-0.2, 0) is 4.74 Å². The van der Waals surface area contributed by atoms with Gasteiger partial charge in [0.2, 0.25) is 0 Å². The maximum absolute atomic E-state index is 5.76. The van der Waals surface area contributed by atoms with Gasteiger partial charge in [-0.2, -0.15) is 11.8 Å². The topological polar surface area (TPSA) is 21.3 Å². The van der Waals surface area contributed by atoms with E-state index in [2.05, 4.69) is 25.4 Å². The molecule has 3 unspecified atom stereocenters. The van der Waals surface area contributed by atoms with Crippen LogP contribution in [0.5, 0.6) is 0 Å². The molecule has 2 fully saturated rings. The van der Waals surface area contributed by atoms with Crippen LogP contribution in [0.3, 0.4) is 0 Å². The van der Waals surface area contributed by atoms with Gasteiger partial charge in [-0.05, 0) is 52.2 Å². The van der Waals surface area contributed by atoms with Gasteiger partial charge in [0.25, 0.3) is 0 Å². The number of rotatable bonds is 3. The Balaban J connectivity index is 1.77. The van der Waals surface area contributed by atoms with E-state index in [1.54, 1.807) is 0 Å². The van der Waals surface area contributed by atoms with Gasteiger partial charge in [-0.1, -0.05) is 0 Å². The summed E-state index contributed by atoms with van der Waals surface area (Å²) in [5, 5.41) is 4.74. The van der Waals surface area contributed by atoms with Gasteiger partial charge >= 0.3 is 0 Å². The van der Waals surface area contributed by atoms with Crippen LogP contribution < -0.4 is 5.32 Å². The SMILES string of the molecule is CSC1CCC(NC2CCOC(C)(C)C2)C1. The third-order valence-corrected chi connectivity index (χ3v) is 4.98. The first-order chi connectivity index (χ1) is 7.59. The van der Waals surface area contributed by atoms with Crippen molar-refractivity contribution in [3.8, 4) is 0 Å². The van der Waals surface area contributed by atoms with Crippen LogP contribution in [0, 0.1) is 0 Å². The highest BCUT2D eigenvalue weighted by atomic mass is 32.2. The smallest absolute Gasteiger partial charge is 0.0641 e. The largest absolute Gasteiger partial charge is 0.375 e. The highest BCUT2D eigenvalue weighted by Gasteiger charge is 2.32. The molecule has 3 heteroatoms. The quantitative estimate of drug-likeness (QED) is 0.823. The zero-order valence-corrected chi connectivity index (χ0v) is 11.6. The molecule has 3 atom stereocenters. The van der Waals surface area contributed by atoms with Gasteiger partial charge < -0.3 is 10.1 Å². The van der Waals surface area contributed by atoms with E-state index >= 15 is 0 Å². The zero-order chi connectivity index (χ0) is 11.6. The molecule has 2 aliphatic rings. The van der Waals surface area contributed by atoms with E-state index < -0.39 is 0 Å². The fourth-order valence-corrected chi connectivity index (χ4v) is 3.81. The van der Waals surface area contributed by atoms with Crippen LogP contribution in [0.25, 0.3) is 0 Å². The molecule has 2 nitrogen and oxygen atoms in total. The lowest BCUT2D eigenvalue weighted by Gasteiger charge is -2.37. The highest BCUT2D eigenvalue weighted by molar-refractivity contribution is 7.99. The number of ether oxygens (including phenoxy) is 1. The van der Waals surface area contributed by atoms with Crippen LogP contribution in [0.1, 0.15) is 46.0 Å². The fourth-order valence-electron chi connectivity index (χ4n) is 3.01. The standard InChI is InChI=1S/C13H25NOS/c1-13(2)9-11(6-7-15-13)14-10-4-5-12(8-10)16-3/h10-12,14H,4-9H2,1-3H3. The number of hydrogen-bond donors (Lipinski definition) is 1. The number of hydrogen-bond acceptors (Lipinski definition) is 3. The van der Waals surface area contributed by atoms with E-state index in [1.807, 2.05) is 11.8 Å². The predicted molar refractivity (Wildman–Crippen MR) is 71.1 cm³/mol. The molecule has 0 aromatic carbocycles. The van der Waals surface area contributed by atoms with E-state index in [0.717, 1.165) is 24.3 Å². The van der Waals surface area contributed by atoms with E-state index in [-0.39, 0.29) is 5.60 Å². The Labute approximate surface area is 104 Å². The van der Waals surface area contributed by atoms with Crippen molar-refractivity contribution in [1.29, 1.82) is 0 Å². The summed E-state index contributed by atoms with van der Waals surface area (Å²) in [6.45, 7) is 5.34. The van der Waals surface area contributed by atoms with Gasteiger partial charge in [0.15, 0.2) is 0 Å². The van der Waals surface area contributed by atoms with Gasteiger partial charge in [-0.3, -0.25) is 0 Å². The summed E-state index contributed by atoms with van der Waals surface area (Å²) in [7, 11) is 0. The zero-order valence-electron chi connectivity index (χ0n) is 10.8. The summed E-state index contributed by atoms with van der Waals surface area (Å²) in [6, 6.07) is 1.44. The molecule has 1 N–H and O–H groups in total. The molecule has 0 spiro atoms. The monoisotopic (exact) mass is 243 g/mol. The second-order valence-corrected chi connectivity index (χ2v) is 6.97. The van der Waals surface area contributed by atoms with E-state index in [0.29, 0.717) is 6.04 Å².